The van der Waals surface area contributed by atoms with Crippen LogP contribution >= 0.6 is 0 Å². The van der Waals surface area contributed by atoms with Gasteiger partial charge in [-0.1, -0.05) is 6.92 Å². The average molecular weight is 254 g/mol. The lowest BCUT2D eigenvalue weighted by molar-refractivity contribution is -0.890. The third kappa shape index (κ3) is 9.83. The van der Waals surface area contributed by atoms with Gasteiger partial charge in [-0.05, 0) is 6.42 Å². The first-order chi connectivity index (χ1) is 5.48. The summed E-state index contributed by atoms with van der Waals surface area (Å²) in [5, 5.41) is 0. The number of esters is 1. The van der Waals surface area contributed by atoms with E-state index in [0.29, 0.717) is 6.61 Å². The molecule has 0 aliphatic rings. The fourth-order valence-corrected chi connectivity index (χ4v) is 1.15. The molecular weight excluding hydrogens is 234 g/mol. The molecule has 0 bridgehead atoms. The van der Waals surface area contributed by atoms with Gasteiger partial charge in [-0.15, -0.1) is 0 Å². The highest BCUT2D eigenvalue weighted by atomic mass is 79.9. The Hall–Kier alpha value is -0.0900. The summed E-state index contributed by atoms with van der Waals surface area (Å²) < 4.78 is 5.79. The largest absolute Gasteiger partial charge is 1.00 e. The maximum atomic E-state index is 10.5. The summed E-state index contributed by atoms with van der Waals surface area (Å²) in [5.74, 6) is -0.188. The van der Waals surface area contributed by atoms with Crippen molar-refractivity contribution in [3.8, 4) is 0 Å². The lowest BCUT2D eigenvalue weighted by Crippen LogP contribution is -3.00. The van der Waals surface area contributed by atoms with Crippen LogP contribution in [0, 0.1) is 0 Å². The SMILES string of the molecule is CCC[N+](C)(C)CCOC(C)=O.[Br-]. The molecule has 0 spiro atoms. The number of ether oxygens (including phenoxy) is 1. The number of nitrogens with zero attached hydrogens (tertiary/aromatic N) is 1. The Kier molecular flexibility index (Phi) is 8.67. The van der Waals surface area contributed by atoms with Crippen molar-refractivity contribution in [3.63, 3.8) is 0 Å². The molecule has 0 aliphatic heterocycles. The first-order valence-corrected chi connectivity index (χ1v) is 4.43. The van der Waals surface area contributed by atoms with Crippen LogP contribution in [0.15, 0.2) is 0 Å². The van der Waals surface area contributed by atoms with E-state index < -0.39 is 0 Å². The molecule has 0 saturated heterocycles. The second kappa shape index (κ2) is 7.33. The number of halogens is 1. The molecular formula is C9H20BrNO2. The maximum absolute atomic E-state index is 10.5. The van der Waals surface area contributed by atoms with Crippen LogP contribution in [0.4, 0.5) is 0 Å². The quantitative estimate of drug-likeness (QED) is 0.421. The van der Waals surface area contributed by atoms with Crippen molar-refractivity contribution in [2.75, 3.05) is 33.8 Å². The Bertz CT molecular complexity index is 149. The van der Waals surface area contributed by atoms with Crippen molar-refractivity contribution in [2.45, 2.75) is 20.3 Å². The van der Waals surface area contributed by atoms with Crippen LogP contribution in [0.5, 0.6) is 0 Å². The van der Waals surface area contributed by atoms with E-state index in [1.807, 2.05) is 0 Å². The van der Waals surface area contributed by atoms with Gasteiger partial charge < -0.3 is 26.2 Å². The smallest absolute Gasteiger partial charge is 0.302 e. The molecule has 0 aromatic carbocycles. The summed E-state index contributed by atoms with van der Waals surface area (Å²) in [6.07, 6.45) is 1.16. The maximum Gasteiger partial charge on any atom is 0.302 e. The number of hydrogen-bond acceptors (Lipinski definition) is 2. The minimum atomic E-state index is -0.188. The molecule has 3 nitrogen and oxygen atoms in total. The molecule has 0 aromatic heterocycles. The Labute approximate surface area is 91.4 Å². The van der Waals surface area contributed by atoms with Crippen LogP contribution in [-0.4, -0.2) is 44.2 Å². The molecule has 0 aromatic rings. The molecule has 0 aliphatic carbocycles. The molecule has 0 amide bonds. The summed E-state index contributed by atoms with van der Waals surface area (Å²) in [6.45, 7) is 6.16. The van der Waals surface area contributed by atoms with E-state index in [2.05, 4.69) is 21.0 Å². The number of hydrogen-bond donors (Lipinski definition) is 0. The van der Waals surface area contributed by atoms with Crippen LogP contribution in [0.1, 0.15) is 20.3 Å². The van der Waals surface area contributed by atoms with Crippen molar-refractivity contribution in [3.05, 3.63) is 0 Å². The highest BCUT2D eigenvalue weighted by molar-refractivity contribution is 5.65. The highest BCUT2D eigenvalue weighted by Gasteiger charge is 2.13. The molecule has 0 heterocycles. The van der Waals surface area contributed by atoms with E-state index >= 15 is 0 Å². The Morgan fingerprint density at radius 1 is 1.31 bits per heavy atom. The van der Waals surface area contributed by atoms with Gasteiger partial charge in [0.1, 0.15) is 13.2 Å². The molecule has 0 N–H and O–H groups in total. The number of carbonyl (C=O) groups excluding carboxylic acids is 1. The summed E-state index contributed by atoms with van der Waals surface area (Å²) in [5.41, 5.74) is 0. The predicted octanol–water partition coefficient (Wildman–Crippen LogP) is -1.96. The van der Waals surface area contributed by atoms with Crippen LogP contribution in [0.2, 0.25) is 0 Å². The lowest BCUT2D eigenvalue weighted by Gasteiger charge is -2.28. The molecule has 0 radical (unpaired) electrons. The van der Waals surface area contributed by atoms with Crippen molar-refractivity contribution in [1.29, 1.82) is 0 Å². The monoisotopic (exact) mass is 253 g/mol. The molecule has 0 fully saturated rings. The third-order valence-electron chi connectivity index (χ3n) is 1.83. The lowest BCUT2D eigenvalue weighted by atomic mass is 10.4. The van der Waals surface area contributed by atoms with E-state index in [9.17, 15) is 4.79 Å². The fourth-order valence-electron chi connectivity index (χ4n) is 1.15. The van der Waals surface area contributed by atoms with Gasteiger partial charge in [0.05, 0.1) is 20.6 Å². The summed E-state index contributed by atoms with van der Waals surface area (Å²) in [7, 11) is 4.29. The summed E-state index contributed by atoms with van der Waals surface area (Å²) in [4.78, 5) is 10.5. The minimum Gasteiger partial charge on any atom is -1.00 e. The van der Waals surface area contributed by atoms with Crippen molar-refractivity contribution >= 4 is 5.97 Å². The van der Waals surface area contributed by atoms with Gasteiger partial charge in [0.25, 0.3) is 0 Å². The van der Waals surface area contributed by atoms with Crippen LogP contribution in [0.3, 0.4) is 0 Å². The zero-order valence-electron chi connectivity index (χ0n) is 8.97. The van der Waals surface area contributed by atoms with E-state index in [0.717, 1.165) is 24.0 Å². The second-order valence-electron chi connectivity index (χ2n) is 3.72. The van der Waals surface area contributed by atoms with Gasteiger partial charge in [-0.3, -0.25) is 4.79 Å². The van der Waals surface area contributed by atoms with Crippen LogP contribution in [-0.2, 0) is 9.53 Å². The van der Waals surface area contributed by atoms with E-state index in [1.165, 1.54) is 6.92 Å². The van der Waals surface area contributed by atoms with Gasteiger partial charge in [-0.2, -0.15) is 0 Å². The molecule has 0 atom stereocenters. The molecule has 0 rings (SSSR count). The van der Waals surface area contributed by atoms with Gasteiger partial charge in [0.2, 0.25) is 0 Å². The summed E-state index contributed by atoms with van der Waals surface area (Å²) >= 11 is 0. The van der Waals surface area contributed by atoms with Gasteiger partial charge >= 0.3 is 5.97 Å². The average Bonchev–Trinajstić information content (AvgIpc) is 1.85. The molecule has 0 unspecified atom stereocenters. The van der Waals surface area contributed by atoms with E-state index in [4.69, 9.17) is 4.74 Å². The van der Waals surface area contributed by atoms with Crippen molar-refractivity contribution in [1.82, 2.24) is 0 Å². The topological polar surface area (TPSA) is 26.3 Å². The fraction of sp³-hybridized carbons (Fsp3) is 0.889. The number of rotatable bonds is 5. The van der Waals surface area contributed by atoms with E-state index in [-0.39, 0.29) is 23.0 Å². The molecule has 0 saturated carbocycles. The van der Waals surface area contributed by atoms with Gasteiger partial charge in [0.15, 0.2) is 0 Å². The Morgan fingerprint density at radius 2 is 1.85 bits per heavy atom. The zero-order chi connectivity index (χ0) is 9.61. The first kappa shape index (κ1) is 15.4. The highest BCUT2D eigenvalue weighted by Crippen LogP contribution is 1.98. The van der Waals surface area contributed by atoms with Gasteiger partial charge in [-0.25, -0.2) is 0 Å². The number of quaternary nitrogens is 1. The third-order valence-corrected chi connectivity index (χ3v) is 1.83. The van der Waals surface area contributed by atoms with Crippen LogP contribution in [0.25, 0.3) is 0 Å². The van der Waals surface area contributed by atoms with E-state index in [1.54, 1.807) is 0 Å². The second-order valence-corrected chi connectivity index (χ2v) is 3.72. The first-order valence-electron chi connectivity index (χ1n) is 4.43. The summed E-state index contributed by atoms with van der Waals surface area (Å²) in [6, 6.07) is 0. The predicted molar refractivity (Wildman–Crippen MR) is 48.8 cm³/mol. The molecule has 13 heavy (non-hydrogen) atoms. The number of likely N-dealkylation sites (N-methyl/N-ethyl adjacent to an activating group) is 1. The Balaban J connectivity index is 0. The van der Waals surface area contributed by atoms with Crippen molar-refractivity contribution < 1.29 is 31.0 Å². The van der Waals surface area contributed by atoms with Gasteiger partial charge in [0, 0.05) is 6.92 Å². The standard InChI is InChI=1S/C9H20NO2.BrH/c1-5-6-10(3,4)7-8-12-9(2)11;/h5-8H2,1-4H3;1H/q+1;/p-1. The minimum absolute atomic E-state index is 0. The van der Waals surface area contributed by atoms with Crippen LogP contribution < -0.4 is 17.0 Å². The normalized spacial score (nSPS) is 10.5. The molecule has 80 valence electrons. The molecule has 4 heteroatoms. The number of carbonyl (C=O) groups is 1. The van der Waals surface area contributed by atoms with Crippen molar-refractivity contribution in [2.24, 2.45) is 0 Å². The zero-order valence-corrected chi connectivity index (χ0v) is 10.6. The Morgan fingerprint density at radius 3 is 2.23 bits per heavy atom.